The molecule has 0 saturated carbocycles. The molecular formula is C25H27FN2O3. The highest BCUT2D eigenvalue weighted by molar-refractivity contribution is 5.97. The van der Waals surface area contributed by atoms with Gasteiger partial charge in [0.25, 0.3) is 5.91 Å². The minimum atomic E-state index is -0.421. The molecule has 0 heterocycles. The Balaban J connectivity index is 1.61. The average Bonchev–Trinajstić information content (AvgIpc) is 2.93. The molecule has 0 unspecified atom stereocenters. The number of halogens is 1. The van der Waals surface area contributed by atoms with Crippen molar-refractivity contribution in [1.29, 1.82) is 0 Å². The highest BCUT2D eigenvalue weighted by Crippen LogP contribution is 2.25. The van der Waals surface area contributed by atoms with Crippen LogP contribution in [0, 0.1) is 5.82 Å². The van der Waals surface area contributed by atoms with E-state index in [1.54, 1.807) is 43.5 Å². The fourth-order valence-electron chi connectivity index (χ4n) is 3.33. The van der Waals surface area contributed by atoms with Crippen LogP contribution in [0.2, 0.25) is 0 Å². The van der Waals surface area contributed by atoms with Gasteiger partial charge in [0.05, 0.1) is 12.2 Å². The molecule has 3 rings (SSSR count). The highest BCUT2D eigenvalue weighted by atomic mass is 19.1. The number of nitrogens with two attached hydrogens (primary N) is 1. The molecule has 162 valence electrons. The summed E-state index contributed by atoms with van der Waals surface area (Å²) in [4.78, 5) is 12.7. The number of amides is 1. The summed E-state index contributed by atoms with van der Waals surface area (Å²) in [6.07, 6.45) is 5.06. The molecule has 0 atom stereocenters. The van der Waals surface area contributed by atoms with Gasteiger partial charge in [0.2, 0.25) is 0 Å². The van der Waals surface area contributed by atoms with E-state index < -0.39 is 5.82 Å². The standard InChI is InChI=1S/C25H27FN2O3/c1-3-18-14-23(27)21(13-10-19(18)16-30-2)25(29)28-15-17-8-11-20(12-9-17)31-24-7-5-4-6-22(24)26/h4-13H,3,14-16,27H2,1-2H3,(H,28,29). The van der Waals surface area contributed by atoms with Crippen LogP contribution in [-0.2, 0) is 16.1 Å². The Morgan fingerprint density at radius 3 is 2.55 bits per heavy atom. The maximum absolute atomic E-state index is 13.7. The molecule has 0 radical (unpaired) electrons. The predicted molar refractivity (Wildman–Crippen MR) is 119 cm³/mol. The lowest BCUT2D eigenvalue weighted by atomic mass is 10.0. The molecule has 1 aliphatic rings. The number of methoxy groups -OCH3 is 1. The third-order valence-electron chi connectivity index (χ3n) is 5.07. The molecule has 0 spiro atoms. The van der Waals surface area contributed by atoms with E-state index >= 15 is 0 Å². The van der Waals surface area contributed by atoms with Crippen molar-refractivity contribution in [2.24, 2.45) is 5.73 Å². The number of carbonyl (C=O) groups is 1. The van der Waals surface area contributed by atoms with Crippen LogP contribution >= 0.6 is 0 Å². The number of carbonyl (C=O) groups excluding carboxylic acids is 1. The predicted octanol–water partition coefficient (Wildman–Crippen LogP) is 4.76. The average molecular weight is 423 g/mol. The van der Waals surface area contributed by atoms with Gasteiger partial charge >= 0.3 is 0 Å². The molecule has 0 aromatic heterocycles. The van der Waals surface area contributed by atoms with Crippen molar-refractivity contribution in [1.82, 2.24) is 5.32 Å². The van der Waals surface area contributed by atoms with Gasteiger partial charge in [-0.25, -0.2) is 4.39 Å². The summed E-state index contributed by atoms with van der Waals surface area (Å²) in [7, 11) is 1.65. The fourth-order valence-corrected chi connectivity index (χ4v) is 3.33. The quantitative estimate of drug-likeness (QED) is 0.643. The molecule has 1 amide bonds. The number of nitrogens with one attached hydrogen (secondary N) is 1. The maximum Gasteiger partial charge on any atom is 0.253 e. The van der Waals surface area contributed by atoms with Crippen LogP contribution in [0.3, 0.4) is 0 Å². The van der Waals surface area contributed by atoms with Crippen molar-refractivity contribution in [2.45, 2.75) is 26.3 Å². The number of rotatable bonds is 8. The van der Waals surface area contributed by atoms with E-state index in [4.69, 9.17) is 15.2 Å². The van der Waals surface area contributed by atoms with E-state index in [9.17, 15) is 9.18 Å². The van der Waals surface area contributed by atoms with Gasteiger partial charge in [-0.1, -0.05) is 42.8 Å². The molecule has 1 aliphatic carbocycles. The summed E-state index contributed by atoms with van der Waals surface area (Å²) >= 11 is 0. The van der Waals surface area contributed by atoms with E-state index in [0.717, 1.165) is 17.6 Å². The van der Waals surface area contributed by atoms with Gasteiger partial charge in [-0.2, -0.15) is 0 Å². The number of allylic oxidation sites excluding steroid dienone is 1. The van der Waals surface area contributed by atoms with E-state index in [1.165, 1.54) is 11.6 Å². The molecule has 3 N–H and O–H groups in total. The summed E-state index contributed by atoms with van der Waals surface area (Å²) in [6, 6.07) is 13.4. The number of para-hydroxylation sites is 1. The number of ether oxygens (including phenoxy) is 2. The van der Waals surface area contributed by atoms with Crippen molar-refractivity contribution in [3.05, 3.63) is 94.5 Å². The van der Waals surface area contributed by atoms with E-state index in [0.29, 0.717) is 36.6 Å². The minimum Gasteiger partial charge on any atom is -0.454 e. The second-order valence-electron chi connectivity index (χ2n) is 7.22. The Hall–Kier alpha value is -3.38. The molecule has 0 saturated heterocycles. The van der Waals surface area contributed by atoms with Gasteiger partial charge in [0, 0.05) is 25.8 Å². The Morgan fingerprint density at radius 1 is 1.13 bits per heavy atom. The highest BCUT2D eigenvalue weighted by Gasteiger charge is 2.16. The molecule has 31 heavy (non-hydrogen) atoms. The van der Waals surface area contributed by atoms with Crippen molar-refractivity contribution < 1.29 is 18.7 Å². The van der Waals surface area contributed by atoms with Crippen LogP contribution in [-0.4, -0.2) is 19.6 Å². The van der Waals surface area contributed by atoms with Gasteiger partial charge in [0.1, 0.15) is 5.75 Å². The minimum absolute atomic E-state index is 0.166. The van der Waals surface area contributed by atoms with Crippen LogP contribution in [0.4, 0.5) is 4.39 Å². The summed E-state index contributed by atoms with van der Waals surface area (Å²) in [5, 5.41) is 2.91. The Bertz CT molecular complexity index is 1020. The third-order valence-corrected chi connectivity index (χ3v) is 5.07. The lowest BCUT2D eigenvalue weighted by molar-refractivity contribution is -0.117. The lowest BCUT2D eigenvalue weighted by Crippen LogP contribution is -2.26. The lowest BCUT2D eigenvalue weighted by Gasteiger charge is -2.11. The summed E-state index contributed by atoms with van der Waals surface area (Å²) in [6.45, 7) is 2.89. The largest absolute Gasteiger partial charge is 0.454 e. The van der Waals surface area contributed by atoms with E-state index in [2.05, 4.69) is 12.2 Å². The van der Waals surface area contributed by atoms with Gasteiger partial charge in [-0.05, 0) is 47.9 Å². The van der Waals surface area contributed by atoms with E-state index in [-0.39, 0.29) is 11.7 Å². The fraction of sp³-hybridized carbons (Fsp3) is 0.240. The smallest absolute Gasteiger partial charge is 0.253 e. The summed E-state index contributed by atoms with van der Waals surface area (Å²) < 4.78 is 24.5. The number of hydrogen-bond donors (Lipinski definition) is 2. The van der Waals surface area contributed by atoms with Crippen LogP contribution < -0.4 is 15.8 Å². The molecule has 2 aromatic carbocycles. The van der Waals surface area contributed by atoms with Gasteiger partial charge < -0.3 is 20.5 Å². The first kappa shape index (κ1) is 22.3. The van der Waals surface area contributed by atoms with Gasteiger partial charge in [0.15, 0.2) is 11.6 Å². The summed E-state index contributed by atoms with van der Waals surface area (Å²) in [5.41, 5.74) is 10.4. The van der Waals surface area contributed by atoms with E-state index in [1.807, 2.05) is 18.2 Å². The SMILES string of the molecule is CCC1=C(COC)C=CC(C(=O)NCc2ccc(Oc3ccccc3F)cc2)=C(N)C1. The second-order valence-corrected chi connectivity index (χ2v) is 7.22. The molecule has 0 bridgehead atoms. The van der Waals surface area contributed by atoms with Crippen molar-refractivity contribution in [3.8, 4) is 11.5 Å². The first-order chi connectivity index (χ1) is 15.0. The van der Waals surface area contributed by atoms with Gasteiger partial charge in [-0.15, -0.1) is 0 Å². The zero-order valence-corrected chi connectivity index (χ0v) is 17.8. The van der Waals surface area contributed by atoms with Crippen LogP contribution in [0.5, 0.6) is 11.5 Å². The monoisotopic (exact) mass is 422 g/mol. The Morgan fingerprint density at radius 2 is 1.87 bits per heavy atom. The molecule has 5 nitrogen and oxygen atoms in total. The molecule has 2 aromatic rings. The Labute approximate surface area is 182 Å². The topological polar surface area (TPSA) is 73.6 Å². The molecular weight excluding hydrogens is 395 g/mol. The summed E-state index contributed by atoms with van der Waals surface area (Å²) in [5.74, 6) is 0.0341. The molecule has 0 fully saturated rings. The van der Waals surface area contributed by atoms with Crippen LogP contribution in [0.1, 0.15) is 25.3 Å². The first-order valence-electron chi connectivity index (χ1n) is 10.2. The normalized spacial score (nSPS) is 13.9. The van der Waals surface area contributed by atoms with Crippen molar-refractivity contribution in [2.75, 3.05) is 13.7 Å². The molecule has 0 aliphatic heterocycles. The zero-order valence-electron chi connectivity index (χ0n) is 17.8. The van der Waals surface area contributed by atoms with Crippen LogP contribution in [0.15, 0.2) is 83.1 Å². The third kappa shape index (κ3) is 5.83. The maximum atomic E-state index is 13.7. The van der Waals surface area contributed by atoms with Crippen molar-refractivity contribution in [3.63, 3.8) is 0 Å². The van der Waals surface area contributed by atoms with Gasteiger partial charge in [-0.3, -0.25) is 4.79 Å². The zero-order chi connectivity index (χ0) is 22.2. The number of hydrogen-bond acceptors (Lipinski definition) is 4. The first-order valence-corrected chi connectivity index (χ1v) is 10.2. The second kappa shape index (κ2) is 10.6. The Kier molecular flexibility index (Phi) is 7.62. The number of benzene rings is 2. The molecule has 6 heteroatoms. The van der Waals surface area contributed by atoms with Crippen molar-refractivity contribution >= 4 is 5.91 Å². The van der Waals surface area contributed by atoms with Crippen LogP contribution in [0.25, 0.3) is 0 Å².